The highest BCUT2D eigenvalue weighted by Gasteiger charge is 2.45. The van der Waals surface area contributed by atoms with Crippen LogP contribution in [0.2, 0.25) is 5.02 Å². The number of carbonyl (C=O) groups is 3. The Hall–Kier alpha value is -2.28. The van der Waals surface area contributed by atoms with Gasteiger partial charge >= 0.3 is 6.03 Å². The molecule has 3 N–H and O–H groups in total. The van der Waals surface area contributed by atoms with Gasteiger partial charge in [0, 0.05) is 17.3 Å². The molecule has 0 spiro atoms. The average molecular weight is 351 g/mol. The Kier molecular flexibility index (Phi) is 4.36. The average Bonchev–Trinajstić information content (AvgIpc) is 2.94. The summed E-state index contributed by atoms with van der Waals surface area (Å²) in [4.78, 5) is 37.8. The van der Waals surface area contributed by atoms with E-state index in [0.29, 0.717) is 23.7 Å². The zero-order valence-electron chi connectivity index (χ0n) is 13.4. The summed E-state index contributed by atoms with van der Waals surface area (Å²) in [5.74, 6) is -0.285. The third kappa shape index (κ3) is 3.03. The van der Waals surface area contributed by atoms with Gasteiger partial charge in [0.15, 0.2) is 0 Å². The Labute approximate surface area is 144 Å². The van der Waals surface area contributed by atoms with Crippen molar-refractivity contribution >= 4 is 35.1 Å². The van der Waals surface area contributed by atoms with Crippen molar-refractivity contribution in [3.05, 3.63) is 28.8 Å². The van der Waals surface area contributed by atoms with Gasteiger partial charge in [0.25, 0.3) is 0 Å². The number of hydrogen-bond acceptors (Lipinski definition) is 3. The van der Waals surface area contributed by atoms with Crippen LogP contribution >= 0.6 is 11.6 Å². The Balaban J connectivity index is 1.63. The third-order valence-electron chi connectivity index (χ3n) is 4.47. The molecule has 7 nitrogen and oxygen atoms in total. The van der Waals surface area contributed by atoms with E-state index >= 15 is 0 Å². The summed E-state index contributed by atoms with van der Waals surface area (Å²) in [7, 11) is 0. The van der Waals surface area contributed by atoms with Gasteiger partial charge in [-0.1, -0.05) is 17.7 Å². The molecule has 1 aromatic rings. The summed E-state index contributed by atoms with van der Waals surface area (Å²) in [6.07, 6.45) is 0.409. The van der Waals surface area contributed by atoms with Gasteiger partial charge in [-0.2, -0.15) is 0 Å². The second kappa shape index (κ2) is 6.32. The number of urea groups is 1. The maximum atomic E-state index is 12.2. The fourth-order valence-electron chi connectivity index (χ4n) is 3.14. The van der Waals surface area contributed by atoms with Gasteiger partial charge in [-0.25, -0.2) is 4.79 Å². The quantitative estimate of drug-likeness (QED) is 0.750. The number of benzene rings is 1. The van der Waals surface area contributed by atoms with Crippen LogP contribution < -0.4 is 16.0 Å². The highest BCUT2D eigenvalue weighted by atomic mass is 35.5. The summed E-state index contributed by atoms with van der Waals surface area (Å²) in [5.41, 5.74) is 1.40. The molecule has 1 aromatic carbocycles. The summed E-state index contributed by atoms with van der Waals surface area (Å²) in [6, 6.07) is 3.59. The first-order chi connectivity index (χ1) is 11.4. The standard InChI is InChI=1S/C16H19ClN4O3/c1-8-11(17)4-3-5-12(8)20-16(24)19-10-6-13-14(22)18-9(2)15(23)21(13)7-10/h3-5,9-10,13H,6-7H2,1-2H3,(H,18,22)(H2,19,20,24)/t9-,10+,13+/m1/s1. The lowest BCUT2D eigenvalue weighted by atomic mass is 10.1. The van der Waals surface area contributed by atoms with Crippen LogP contribution in [0.1, 0.15) is 18.9 Å². The molecule has 2 aliphatic rings. The predicted octanol–water partition coefficient (Wildman–Crippen LogP) is 1.26. The van der Waals surface area contributed by atoms with Crippen LogP contribution in [0.3, 0.4) is 0 Å². The van der Waals surface area contributed by atoms with Crippen molar-refractivity contribution < 1.29 is 14.4 Å². The van der Waals surface area contributed by atoms with Crippen LogP contribution in [0, 0.1) is 6.92 Å². The van der Waals surface area contributed by atoms with E-state index in [0.717, 1.165) is 5.56 Å². The smallest absolute Gasteiger partial charge is 0.319 e. The van der Waals surface area contributed by atoms with Crippen molar-refractivity contribution in [1.82, 2.24) is 15.5 Å². The SMILES string of the molecule is Cc1c(Cl)cccc1NC(=O)N[C@H]1C[C@H]2C(=O)N[C@H](C)C(=O)N2C1. The number of halogens is 1. The van der Waals surface area contributed by atoms with Crippen LogP contribution in [0.15, 0.2) is 18.2 Å². The molecule has 0 aliphatic carbocycles. The van der Waals surface area contributed by atoms with E-state index in [4.69, 9.17) is 11.6 Å². The molecule has 0 radical (unpaired) electrons. The lowest BCUT2D eigenvalue weighted by molar-refractivity contribution is -0.146. The normalized spacial score (nSPS) is 26.0. The van der Waals surface area contributed by atoms with Crippen LogP contribution in [0.4, 0.5) is 10.5 Å². The minimum Gasteiger partial charge on any atom is -0.343 e. The molecule has 0 saturated carbocycles. The van der Waals surface area contributed by atoms with Crippen molar-refractivity contribution in [3.63, 3.8) is 0 Å². The highest BCUT2D eigenvalue weighted by molar-refractivity contribution is 6.31. The topological polar surface area (TPSA) is 90.5 Å². The Morgan fingerprint density at radius 2 is 2.12 bits per heavy atom. The lowest BCUT2D eigenvalue weighted by Gasteiger charge is -2.32. The molecule has 3 atom stereocenters. The van der Waals surface area contributed by atoms with Crippen molar-refractivity contribution in [2.75, 3.05) is 11.9 Å². The number of anilines is 1. The van der Waals surface area contributed by atoms with Crippen LogP contribution in [-0.4, -0.2) is 47.4 Å². The van der Waals surface area contributed by atoms with E-state index < -0.39 is 12.1 Å². The van der Waals surface area contributed by atoms with Crippen LogP contribution in [0.5, 0.6) is 0 Å². The molecule has 128 valence electrons. The van der Waals surface area contributed by atoms with Gasteiger partial charge in [0.2, 0.25) is 11.8 Å². The number of nitrogens with one attached hydrogen (secondary N) is 3. The maximum absolute atomic E-state index is 12.2. The molecular weight excluding hydrogens is 332 g/mol. The van der Waals surface area contributed by atoms with Crippen molar-refractivity contribution in [1.29, 1.82) is 0 Å². The number of fused-ring (bicyclic) bond motifs is 1. The molecular formula is C16H19ClN4O3. The van der Waals surface area contributed by atoms with Crippen molar-refractivity contribution in [2.24, 2.45) is 0 Å². The van der Waals surface area contributed by atoms with Gasteiger partial charge in [-0.3, -0.25) is 9.59 Å². The van der Waals surface area contributed by atoms with E-state index in [1.165, 1.54) is 0 Å². The minimum atomic E-state index is -0.518. The summed E-state index contributed by atoms with van der Waals surface area (Å²) in [6.45, 7) is 3.81. The molecule has 2 fully saturated rings. The second-order valence-corrected chi connectivity index (χ2v) is 6.59. The number of carbonyl (C=O) groups excluding carboxylic acids is 3. The predicted molar refractivity (Wildman–Crippen MR) is 89.9 cm³/mol. The highest BCUT2D eigenvalue weighted by Crippen LogP contribution is 2.24. The molecule has 0 unspecified atom stereocenters. The summed E-state index contributed by atoms with van der Waals surface area (Å²) in [5, 5.41) is 8.80. The first kappa shape index (κ1) is 16.6. The fourth-order valence-corrected chi connectivity index (χ4v) is 3.31. The molecule has 2 heterocycles. The third-order valence-corrected chi connectivity index (χ3v) is 4.88. The summed E-state index contributed by atoms with van der Waals surface area (Å²) >= 11 is 6.04. The molecule has 0 aromatic heterocycles. The number of piperazine rings is 1. The van der Waals surface area contributed by atoms with Gasteiger partial charge in [0.1, 0.15) is 12.1 Å². The number of amides is 4. The largest absolute Gasteiger partial charge is 0.343 e. The fraction of sp³-hybridized carbons (Fsp3) is 0.438. The molecule has 2 saturated heterocycles. The molecule has 4 amide bonds. The maximum Gasteiger partial charge on any atom is 0.319 e. The zero-order chi connectivity index (χ0) is 17.4. The zero-order valence-corrected chi connectivity index (χ0v) is 14.2. The van der Waals surface area contributed by atoms with Crippen molar-refractivity contribution in [3.8, 4) is 0 Å². The molecule has 0 bridgehead atoms. The van der Waals surface area contributed by atoms with E-state index in [1.807, 2.05) is 6.92 Å². The lowest BCUT2D eigenvalue weighted by Crippen LogP contribution is -2.60. The Bertz CT molecular complexity index is 709. The van der Waals surface area contributed by atoms with E-state index in [9.17, 15) is 14.4 Å². The van der Waals surface area contributed by atoms with Gasteiger partial charge in [-0.05, 0) is 38.0 Å². The van der Waals surface area contributed by atoms with Crippen LogP contribution in [0.25, 0.3) is 0 Å². The van der Waals surface area contributed by atoms with Gasteiger partial charge < -0.3 is 20.9 Å². The first-order valence-corrected chi connectivity index (χ1v) is 8.18. The molecule has 2 aliphatic heterocycles. The molecule has 8 heteroatoms. The van der Waals surface area contributed by atoms with Gasteiger partial charge in [0.05, 0.1) is 6.04 Å². The van der Waals surface area contributed by atoms with Gasteiger partial charge in [-0.15, -0.1) is 0 Å². The monoisotopic (exact) mass is 350 g/mol. The minimum absolute atomic E-state index is 0.116. The van der Waals surface area contributed by atoms with E-state index in [-0.39, 0.29) is 23.9 Å². The Morgan fingerprint density at radius 3 is 2.88 bits per heavy atom. The van der Waals surface area contributed by atoms with E-state index in [1.54, 1.807) is 30.0 Å². The number of nitrogens with zero attached hydrogens (tertiary/aromatic N) is 1. The molecule has 24 heavy (non-hydrogen) atoms. The number of hydrogen-bond donors (Lipinski definition) is 3. The second-order valence-electron chi connectivity index (χ2n) is 6.18. The summed E-state index contributed by atoms with van der Waals surface area (Å²) < 4.78 is 0. The first-order valence-electron chi connectivity index (χ1n) is 7.80. The van der Waals surface area contributed by atoms with Crippen LogP contribution in [-0.2, 0) is 9.59 Å². The molecule has 3 rings (SSSR count). The van der Waals surface area contributed by atoms with Crippen molar-refractivity contribution in [2.45, 2.75) is 38.4 Å². The van der Waals surface area contributed by atoms with E-state index in [2.05, 4.69) is 16.0 Å². The Morgan fingerprint density at radius 1 is 1.38 bits per heavy atom. The number of rotatable bonds is 2.